The number of rotatable bonds is 5. The Balaban J connectivity index is 1.99. The molecule has 1 aromatic rings. The Morgan fingerprint density at radius 3 is 2.68 bits per heavy atom. The van der Waals surface area contributed by atoms with Crippen LogP contribution in [0, 0.1) is 11.8 Å². The number of carbonyl (C=O) groups excluding carboxylic acids is 1. The van der Waals surface area contributed by atoms with E-state index in [4.69, 9.17) is 9.84 Å². The van der Waals surface area contributed by atoms with Gasteiger partial charge in [0, 0.05) is 11.8 Å². The van der Waals surface area contributed by atoms with Gasteiger partial charge < -0.3 is 15.2 Å². The molecule has 1 amide bonds. The Kier molecular flexibility index (Phi) is 4.04. The highest BCUT2D eigenvalue weighted by Crippen LogP contribution is 2.35. The highest BCUT2D eigenvalue weighted by Gasteiger charge is 2.41. The van der Waals surface area contributed by atoms with Crippen LogP contribution in [0.2, 0.25) is 0 Å². The zero-order valence-corrected chi connectivity index (χ0v) is 10.8. The molecule has 0 aromatic heterocycles. The topological polar surface area (TPSA) is 75.6 Å². The standard InChI is InChI=1S/C14H17NO4/c1-2-19-10-5-3-4-9(8-10)15-13(16)11-6-7-12(11)14(17)18/h3-5,8,11-12H,2,6-7H2,1H3,(H,15,16)(H,17,18). The largest absolute Gasteiger partial charge is 0.494 e. The molecular weight excluding hydrogens is 246 g/mol. The zero-order chi connectivity index (χ0) is 13.8. The second-order valence-corrected chi connectivity index (χ2v) is 4.58. The average Bonchev–Trinajstić information content (AvgIpc) is 2.27. The molecule has 1 saturated carbocycles. The maximum absolute atomic E-state index is 12.0. The molecule has 2 rings (SSSR count). The zero-order valence-electron chi connectivity index (χ0n) is 10.8. The van der Waals surface area contributed by atoms with Gasteiger partial charge in [0.2, 0.25) is 5.91 Å². The SMILES string of the molecule is CCOc1cccc(NC(=O)C2CCC2C(=O)O)c1. The van der Waals surface area contributed by atoms with Crippen molar-refractivity contribution in [3.05, 3.63) is 24.3 Å². The lowest BCUT2D eigenvalue weighted by Gasteiger charge is -2.31. The van der Waals surface area contributed by atoms with Gasteiger partial charge in [-0.15, -0.1) is 0 Å². The molecule has 1 aliphatic carbocycles. The average molecular weight is 263 g/mol. The fraction of sp³-hybridized carbons (Fsp3) is 0.429. The van der Waals surface area contributed by atoms with Crippen LogP contribution >= 0.6 is 0 Å². The van der Waals surface area contributed by atoms with E-state index in [0.29, 0.717) is 30.9 Å². The summed E-state index contributed by atoms with van der Waals surface area (Å²) in [5, 5.41) is 11.7. The monoisotopic (exact) mass is 263 g/mol. The molecular formula is C14H17NO4. The van der Waals surface area contributed by atoms with Crippen LogP contribution in [0.5, 0.6) is 5.75 Å². The molecule has 5 heteroatoms. The van der Waals surface area contributed by atoms with Crippen LogP contribution in [0.25, 0.3) is 0 Å². The third-order valence-electron chi connectivity index (χ3n) is 3.34. The van der Waals surface area contributed by atoms with Crippen molar-refractivity contribution in [2.45, 2.75) is 19.8 Å². The number of carboxylic acids is 1. The summed E-state index contributed by atoms with van der Waals surface area (Å²) in [5.41, 5.74) is 0.631. The number of hydrogen-bond donors (Lipinski definition) is 2. The Labute approximate surface area is 111 Å². The van der Waals surface area contributed by atoms with Gasteiger partial charge in [-0.25, -0.2) is 0 Å². The number of aliphatic carboxylic acids is 1. The predicted octanol–water partition coefficient (Wildman–Crippen LogP) is 2.13. The van der Waals surface area contributed by atoms with E-state index in [1.807, 2.05) is 13.0 Å². The highest BCUT2D eigenvalue weighted by molar-refractivity contribution is 5.96. The van der Waals surface area contributed by atoms with E-state index in [9.17, 15) is 9.59 Å². The van der Waals surface area contributed by atoms with Gasteiger partial charge in [-0.1, -0.05) is 6.07 Å². The van der Waals surface area contributed by atoms with Crippen LogP contribution in [0.1, 0.15) is 19.8 Å². The van der Waals surface area contributed by atoms with Gasteiger partial charge in [0.05, 0.1) is 18.4 Å². The molecule has 0 aliphatic heterocycles. The van der Waals surface area contributed by atoms with Crippen LogP contribution < -0.4 is 10.1 Å². The van der Waals surface area contributed by atoms with E-state index >= 15 is 0 Å². The van der Waals surface area contributed by atoms with Gasteiger partial charge in [-0.2, -0.15) is 0 Å². The summed E-state index contributed by atoms with van der Waals surface area (Å²) in [6.45, 7) is 2.44. The van der Waals surface area contributed by atoms with Crippen molar-refractivity contribution in [3.8, 4) is 5.75 Å². The number of benzene rings is 1. The molecule has 0 radical (unpaired) electrons. The number of anilines is 1. The van der Waals surface area contributed by atoms with Crippen LogP contribution in [0.4, 0.5) is 5.69 Å². The van der Waals surface area contributed by atoms with Crippen LogP contribution in [0.3, 0.4) is 0 Å². The first-order chi connectivity index (χ1) is 9.11. The van der Waals surface area contributed by atoms with Gasteiger partial charge >= 0.3 is 5.97 Å². The van der Waals surface area contributed by atoms with Crippen molar-refractivity contribution >= 4 is 17.6 Å². The molecule has 1 aromatic carbocycles. The van der Waals surface area contributed by atoms with Gasteiger partial charge in [0.15, 0.2) is 0 Å². The van der Waals surface area contributed by atoms with Gasteiger partial charge in [-0.3, -0.25) is 9.59 Å². The third-order valence-corrected chi connectivity index (χ3v) is 3.34. The Morgan fingerprint density at radius 2 is 2.11 bits per heavy atom. The molecule has 19 heavy (non-hydrogen) atoms. The Morgan fingerprint density at radius 1 is 1.37 bits per heavy atom. The Bertz CT molecular complexity index is 486. The fourth-order valence-electron chi connectivity index (χ4n) is 2.17. The first kappa shape index (κ1) is 13.4. The molecule has 0 saturated heterocycles. The lowest BCUT2D eigenvalue weighted by atomic mass is 9.73. The Hall–Kier alpha value is -2.04. The second-order valence-electron chi connectivity index (χ2n) is 4.58. The maximum atomic E-state index is 12.0. The van der Waals surface area contributed by atoms with Crippen LogP contribution in [-0.2, 0) is 9.59 Å². The number of carboxylic acid groups (broad SMARTS) is 1. The number of nitrogens with one attached hydrogen (secondary N) is 1. The summed E-state index contributed by atoms with van der Waals surface area (Å²) in [7, 11) is 0. The van der Waals surface area contributed by atoms with E-state index in [1.165, 1.54) is 0 Å². The van der Waals surface area contributed by atoms with E-state index < -0.39 is 17.8 Å². The first-order valence-corrected chi connectivity index (χ1v) is 6.38. The summed E-state index contributed by atoms with van der Waals surface area (Å²) >= 11 is 0. The molecule has 2 atom stereocenters. The fourth-order valence-corrected chi connectivity index (χ4v) is 2.17. The maximum Gasteiger partial charge on any atom is 0.307 e. The first-order valence-electron chi connectivity index (χ1n) is 6.38. The van der Waals surface area contributed by atoms with E-state index in [-0.39, 0.29) is 5.91 Å². The summed E-state index contributed by atoms with van der Waals surface area (Å²) in [6.07, 6.45) is 1.21. The third kappa shape index (κ3) is 3.05. The van der Waals surface area contributed by atoms with Gasteiger partial charge in [0.25, 0.3) is 0 Å². The van der Waals surface area contributed by atoms with Crippen molar-refractivity contribution in [1.29, 1.82) is 0 Å². The summed E-state index contributed by atoms with van der Waals surface area (Å²) in [6, 6.07) is 7.09. The van der Waals surface area contributed by atoms with Gasteiger partial charge in [-0.05, 0) is 31.9 Å². The summed E-state index contributed by atoms with van der Waals surface area (Å²) in [4.78, 5) is 22.9. The summed E-state index contributed by atoms with van der Waals surface area (Å²) < 4.78 is 5.34. The molecule has 1 aliphatic rings. The van der Waals surface area contributed by atoms with Crippen molar-refractivity contribution in [2.75, 3.05) is 11.9 Å². The normalized spacial score (nSPS) is 21.3. The van der Waals surface area contributed by atoms with Crippen molar-refractivity contribution < 1.29 is 19.4 Å². The van der Waals surface area contributed by atoms with Crippen molar-refractivity contribution in [1.82, 2.24) is 0 Å². The van der Waals surface area contributed by atoms with Crippen molar-refractivity contribution in [2.24, 2.45) is 11.8 Å². The van der Waals surface area contributed by atoms with E-state index in [1.54, 1.807) is 18.2 Å². The molecule has 1 fully saturated rings. The van der Waals surface area contributed by atoms with Crippen LogP contribution in [-0.4, -0.2) is 23.6 Å². The van der Waals surface area contributed by atoms with Gasteiger partial charge in [0.1, 0.15) is 5.75 Å². The predicted molar refractivity (Wildman–Crippen MR) is 70.1 cm³/mol. The molecule has 102 valence electrons. The lowest BCUT2D eigenvalue weighted by Crippen LogP contribution is -2.41. The molecule has 0 bridgehead atoms. The smallest absolute Gasteiger partial charge is 0.307 e. The minimum atomic E-state index is -0.894. The minimum Gasteiger partial charge on any atom is -0.494 e. The molecule has 0 spiro atoms. The number of carbonyl (C=O) groups is 2. The van der Waals surface area contributed by atoms with Crippen LogP contribution in [0.15, 0.2) is 24.3 Å². The lowest BCUT2D eigenvalue weighted by molar-refractivity contribution is -0.151. The van der Waals surface area contributed by atoms with E-state index in [2.05, 4.69) is 5.32 Å². The molecule has 0 heterocycles. The number of ether oxygens (including phenoxy) is 1. The second kappa shape index (κ2) is 5.73. The van der Waals surface area contributed by atoms with Crippen molar-refractivity contribution in [3.63, 3.8) is 0 Å². The molecule has 5 nitrogen and oxygen atoms in total. The highest BCUT2D eigenvalue weighted by atomic mass is 16.5. The minimum absolute atomic E-state index is 0.229. The number of amides is 1. The quantitative estimate of drug-likeness (QED) is 0.853. The van der Waals surface area contributed by atoms with E-state index in [0.717, 1.165) is 0 Å². The number of hydrogen-bond acceptors (Lipinski definition) is 3. The molecule has 2 N–H and O–H groups in total. The summed E-state index contributed by atoms with van der Waals surface area (Å²) in [5.74, 6) is -1.41. The molecule has 2 unspecified atom stereocenters.